The van der Waals surface area contributed by atoms with Crippen LogP contribution in [0.5, 0.6) is 5.75 Å². The van der Waals surface area contributed by atoms with Gasteiger partial charge in [-0.15, -0.1) is 13.2 Å². The molecule has 0 fully saturated rings. The number of nitrogens with zero attached hydrogens (tertiary/aromatic N) is 1. The Labute approximate surface area is 158 Å². The van der Waals surface area contributed by atoms with Crippen molar-refractivity contribution in [2.75, 3.05) is 6.26 Å². The molecule has 0 aliphatic carbocycles. The van der Waals surface area contributed by atoms with Crippen LogP contribution in [-0.4, -0.2) is 26.0 Å². The molecule has 0 radical (unpaired) electrons. The van der Waals surface area contributed by atoms with Gasteiger partial charge in [0.25, 0.3) is 0 Å². The molecule has 0 N–H and O–H groups in total. The quantitative estimate of drug-likeness (QED) is 0.576. The van der Waals surface area contributed by atoms with Crippen molar-refractivity contribution < 1.29 is 30.7 Å². The van der Waals surface area contributed by atoms with E-state index in [1.807, 2.05) is 0 Å². The predicted molar refractivity (Wildman–Crippen MR) is 94.9 cm³/mol. The highest BCUT2D eigenvalue weighted by atomic mass is 32.2. The van der Waals surface area contributed by atoms with Gasteiger partial charge in [0.2, 0.25) is 0 Å². The molecule has 28 heavy (non-hydrogen) atoms. The molecule has 2 aromatic carbocycles. The Hall–Kier alpha value is -2.94. The maximum Gasteiger partial charge on any atom is 0.573 e. The number of aromatic nitrogens is 1. The lowest BCUT2D eigenvalue weighted by Gasteiger charge is -2.12. The molecule has 1 aromatic heterocycles. The number of hydrogen-bond acceptors (Lipinski definition) is 4. The highest BCUT2D eigenvalue weighted by Gasteiger charge is 2.31. The third kappa shape index (κ3) is 4.48. The van der Waals surface area contributed by atoms with E-state index in [1.165, 1.54) is 24.4 Å². The van der Waals surface area contributed by atoms with Gasteiger partial charge in [0, 0.05) is 23.6 Å². The Morgan fingerprint density at radius 1 is 0.964 bits per heavy atom. The van der Waals surface area contributed by atoms with Crippen molar-refractivity contribution in [3.05, 3.63) is 66.6 Å². The summed E-state index contributed by atoms with van der Waals surface area (Å²) in [5.74, 6) is -1.28. The van der Waals surface area contributed by atoms with Crippen LogP contribution < -0.4 is 4.74 Å². The largest absolute Gasteiger partial charge is 0.573 e. The van der Waals surface area contributed by atoms with Gasteiger partial charge in [0.1, 0.15) is 16.5 Å². The van der Waals surface area contributed by atoms with Gasteiger partial charge in [-0.1, -0.05) is 24.3 Å². The van der Waals surface area contributed by atoms with Crippen molar-refractivity contribution in [3.8, 4) is 28.1 Å². The summed E-state index contributed by atoms with van der Waals surface area (Å²) in [5, 5.41) is 0. The van der Waals surface area contributed by atoms with Crippen LogP contribution in [-0.2, 0) is 9.84 Å². The molecule has 0 saturated carbocycles. The fourth-order valence-corrected chi connectivity index (χ4v) is 3.38. The first-order valence-corrected chi connectivity index (χ1v) is 9.75. The van der Waals surface area contributed by atoms with Gasteiger partial charge in [-0.25, -0.2) is 12.8 Å². The van der Waals surface area contributed by atoms with Gasteiger partial charge in [-0.3, -0.25) is 4.98 Å². The van der Waals surface area contributed by atoms with E-state index < -0.39 is 26.9 Å². The fraction of sp³-hybridized carbons (Fsp3) is 0.105. The van der Waals surface area contributed by atoms with E-state index in [0.29, 0.717) is 22.4 Å². The van der Waals surface area contributed by atoms with E-state index in [-0.39, 0.29) is 5.75 Å². The normalized spacial score (nSPS) is 12.0. The molecule has 0 aliphatic heterocycles. The van der Waals surface area contributed by atoms with E-state index in [2.05, 4.69) is 9.72 Å². The number of ether oxygens (including phenoxy) is 1. The Balaban J connectivity index is 2.02. The summed E-state index contributed by atoms with van der Waals surface area (Å²) in [7, 11) is -3.72. The molecule has 3 aromatic rings. The van der Waals surface area contributed by atoms with E-state index in [9.17, 15) is 26.0 Å². The second kappa shape index (κ2) is 7.23. The fourth-order valence-electron chi connectivity index (χ4n) is 2.65. The number of pyridine rings is 1. The van der Waals surface area contributed by atoms with Crippen LogP contribution in [0.25, 0.3) is 22.4 Å². The van der Waals surface area contributed by atoms with Crippen LogP contribution in [0.3, 0.4) is 0 Å². The highest BCUT2D eigenvalue weighted by molar-refractivity contribution is 7.90. The topological polar surface area (TPSA) is 56.3 Å². The van der Waals surface area contributed by atoms with Crippen LogP contribution in [0.1, 0.15) is 0 Å². The molecule has 0 aliphatic rings. The van der Waals surface area contributed by atoms with Crippen LogP contribution in [0.15, 0.2) is 65.7 Å². The van der Waals surface area contributed by atoms with Crippen LogP contribution in [0.4, 0.5) is 17.6 Å². The minimum Gasteiger partial charge on any atom is -0.406 e. The first kappa shape index (κ1) is 19.8. The third-order valence-corrected chi connectivity index (χ3v) is 4.94. The third-order valence-electron chi connectivity index (χ3n) is 3.81. The summed E-state index contributed by atoms with van der Waals surface area (Å²) in [6.07, 6.45) is -2.41. The highest BCUT2D eigenvalue weighted by Crippen LogP contribution is 2.33. The van der Waals surface area contributed by atoms with Crippen LogP contribution >= 0.6 is 0 Å². The van der Waals surface area contributed by atoms with Crippen molar-refractivity contribution in [3.63, 3.8) is 0 Å². The summed E-state index contributed by atoms with van der Waals surface area (Å²) in [4.78, 5) is 3.78. The lowest BCUT2D eigenvalue weighted by atomic mass is 9.99. The summed E-state index contributed by atoms with van der Waals surface area (Å²) >= 11 is 0. The van der Waals surface area contributed by atoms with Crippen molar-refractivity contribution in [2.24, 2.45) is 0 Å². The average molecular weight is 411 g/mol. The zero-order valence-corrected chi connectivity index (χ0v) is 15.2. The van der Waals surface area contributed by atoms with Crippen LogP contribution in [0.2, 0.25) is 0 Å². The molecule has 0 unspecified atom stereocenters. The number of rotatable bonds is 4. The van der Waals surface area contributed by atoms with E-state index in [0.717, 1.165) is 30.5 Å². The number of benzene rings is 2. The lowest BCUT2D eigenvalue weighted by Crippen LogP contribution is -2.16. The molecule has 0 bridgehead atoms. The summed E-state index contributed by atoms with van der Waals surface area (Å²) < 4.78 is 78.1. The Kier molecular flexibility index (Phi) is 5.12. The lowest BCUT2D eigenvalue weighted by molar-refractivity contribution is -0.274. The number of sulfone groups is 1. The minimum atomic E-state index is -4.79. The molecule has 0 amide bonds. The van der Waals surface area contributed by atoms with Crippen molar-refractivity contribution in [1.29, 1.82) is 0 Å². The number of alkyl halides is 3. The average Bonchev–Trinajstić information content (AvgIpc) is 2.60. The zero-order chi connectivity index (χ0) is 20.5. The molecule has 9 heteroatoms. The van der Waals surface area contributed by atoms with Gasteiger partial charge in [-0.05, 0) is 35.9 Å². The molecule has 3 rings (SSSR count). The summed E-state index contributed by atoms with van der Waals surface area (Å²) in [5.41, 5.74) is 1.75. The molecule has 0 atom stereocenters. The summed E-state index contributed by atoms with van der Waals surface area (Å²) in [6.45, 7) is 0. The molecule has 146 valence electrons. The molecular formula is C19H13F4NO3S. The van der Waals surface area contributed by atoms with Gasteiger partial charge in [0.05, 0.1) is 5.69 Å². The molecule has 1 heterocycles. The molecular weight excluding hydrogens is 398 g/mol. The first-order valence-electron chi connectivity index (χ1n) is 7.86. The molecule has 0 saturated heterocycles. The minimum absolute atomic E-state index is 0.330. The standard InChI is InChI=1S/C19H13F4NO3S/c1-28(25,26)17-9-6-13(11-16(17)20)18-15(3-2-10-24-18)12-4-7-14(8-5-12)27-19(21,22)23/h2-11H,1H3. The molecule has 4 nitrogen and oxygen atoms in total. The van der Waals surface area contributed by atoms with Crippen LogP contribution in [0, 0.1) is 5.82 Å². The van der Waals surface area contributed by atoms with Gasteiger partial charge in [0.15, 0.2) is 9.84 Å². The Morgan fingerprint density at radius 2 is 1.61 bits per heavy atom. The maximum atomic E-state index is 14.2. The van der Waals surface area contributed by atoms with E-state index in [1.54, 1.807) is 12.1 Å². The number of hydrogen-bond donors (Lipinski definition) is 0. The second-order valence-corrected chi connectivity index (χ2v) is 7.87. The second-order valence-electron chi connectivity index (χ2n) is 5.89. The first-order chi connectivity index (χ1) is 13.0. The van der Waals surface area contributed by atoms with Crippen molar-refractivity contribution in [2.45, 2.75) is 11.3 Å². The van der Waals surface area contributed by atoms with E-state index >= 15 is 0 Å². The smallest absolute Gasteiger partial charge is 0.406 e. The Bertz CT molecular complexity index is 1110. The SMILES string of the molecule is CS(=O)(=O)c1ccc(-c2ncccc2-c2ccc(OC(F)(F)F)cc2)cc1F. The van der Waals surface area contributed by atoms with Crippen molar-refractivity contribution in [1.82, 2.24) is 4.98 Å². The van der Waals surface area contributed by atoms with Crippen molar-refractivity contribution >= 4 is 9.84 Å². The van der Waals surface area contributed by atoms with Gasteiger partial charge >= 0.3 is 6.36 Å². The predicted octanol–water partition coefficient (Wildman–Crippen LogP) is 4.86. The molecule has 0 spiro atoms. The van der Waals surface area contributed by atoms with Gasteiger partial charge < -0.3 is 4.74 Å². The van der Waals surface area contributed by atoms with E-state index in [4.69, 9.17) is 0 Å². The number of halogens is 4. The van der Waals surface area contributed by atoms with Gasteiger partial charge in [-0.2, -0.15) is 0 Å². The summed E-state index contributed by atoms with van der Waals surface area (Å²) in [6, 6.07) is 12.1. The zero-order valence-electron chi connectivity index (χ0n) is 14.4. The monoisotopic (exact) mass is 411 g/mol. The Morgan fingerprint density at radius 3 is 2.18 bits per heavy atom. The maximum absolute atomic E-state index is 14.2.